The quantitative estimate of drug-likeness (QED) is 0.0850. The molecule has 0 aliphatic carbocycles. The number of nitrogens with zero attached hydrogens (tertiary/aromatic N) is 2. The van der Waals surface area contributed by atoms with Crippen LogP contribution in [0.4, 0.5) is 36.8 Å². The molecule has 0 bridgehead atoms. The Morgan fingerprint density at radius 2 is 1.59 bits per heavy atom. The smallest absolute Gasteiger partial charge is 0.475 e. The number of hydrogen-bond acceptors (Lipinski definition) is 9. The number of nitro groups is 1. The van der Waals surface area contributed by atoms with Gasteiger partial charge in [0.05, 0.1) is 11.5 Å². The third-order valence-corrected chi connectivity index (χ3v) is 4.28. The van der Waals surface area contributed by atoms with E-state index >= 15 is 0 Å². The molecule has 1 aromatic rings. The van der Waals surface area contributed by atoms with Crippen molar-refractivity contribution in [2.45, 2.75) is 37.8 Å². The summed E-state index contributed by atoms with van der Waals surface area (Å²) in [5, 5.41) is 33.1. The van der Waals surface area contributed by atoms with Gasteiger partial charge in [-0.15, -0.1) is 0 Å². The van der Waals surface area contributed by atoms with E-state index in [9.17, 15) is 46.0 Å². The summed E-state index contributed by atoms with van der Waals surface area (Å²) < 4.78 is 68.4. The molecule has 0 saturated carbocycles. The highest BCUT2D eigenvalue weighted by Crippen LogP contribution is 2.14. The molecule has 0 spiro atoms. The first-order valence-corrected chi connectivity index (χ1v) is 10.9. The Labute approximate surface area is 225 Å². The highest BCUT2D eigenvalue weighted by Gasteiger charge is 2.38. The lowest BCUT2D eigenvalue weighted by Gasteiger charge is -2.10. The summed E-state index contributed by atoms with van der Waals surface area (Å²) in [5.74, 6) is -5.79. The Balaban J connectivity index is 0.000000941. The predicted octanol–water partition coefficient (Wildman–Crippen LogP) is 1.27. The van der Waals surface area contributed by atoms with Gasteiger partial charge in [0.2, 0.25) is 5.91 Å². The minimum Gasteiger partial charge on any atom is -0.475 e. The van der Waals surface area contributed by atoms with Gasteiger partial charge >= 0.3 is 30.4 Å². The van der Waals surface area contributed by atoms with Gasteiger partial charge in [0.1, 0.15) is 6.61 Å². The number of ether oxygens (including phenoxy) is 1. The number of nitrogens with one attached hydrogen (secondary N) is 3. The lowest BCUT2D eigenvalue weighted by molar-refractivity contribution is -0.384. The number of nitro benzene ring substituents is 1. The standard InChI is InChI=1S/C16H22N6O5.2C2HF3O2/c17-15(19-8-6-14(23)20-12-5-7-18-9-12)21-16(24)27-10-11-1-3-13(4-2-11)22(25)26;2*3-2(4,5)1(6)7/h1-4,12,18H,5-10H2,(H,20,23)(H3,17,19,21,24);2*(H,6,7)/t12-;;/m0../s1. The Morgan fingerprint density at radius 3 is 2.00 bits per heavy atom. The molecule has 7 N–H and O–H groups in total. The highest BCUT2D eigenvalue weighted by molar-refractivity contribution is 5.93. The van der Waals surface area contributed by atoms with E-state index in [1.807, 2.05) is 0 Å². The number of carboxylic acids is 2. The van der Waals surface area contributed by atoms with Gasteiger partial charge < -0.3 is 31.3 Å². The van der Waals surface area contributed by atoms with Gasteiger partial charge in [0.25, 0.3) is 5.69 Å². The molecular weight excluding hydrogens is 582 g/mol. The van der Waals surface area contributed by atoms with Crippen LogP contribution in [-0.2, 0) is 25.7 Å². The fourth-order valence-corrected chi connectivity index (χ4v) is 2.40. The van der Waals surface area contributed by atoms with E-state index in [4.69, 9.17) is 30.3 Å². The molecule has 1 fully saturated rings. The van der Waals surface area contributed by atoms with Gasteiger partial charge in [-0.05, 0) is 30.7 Å². The van der Waals surface area contributed by atoms with Crippen LogP contribution in [0.25, 0.3) is 0 Å². The number of aliphatic imine (C=N–C) groups is 1. The molecule has 0 unspecified atom stereocenters. The second-order valence-corrected chi connectivity index (χ2v) is 7.50. The lowest BCUT2D eigenvalue weighted by Crippen LogP contribution is -2.38. The van der Waals surface area contributed by atoms with Crippen molar-refractivity contribution in [3.8, 4) is 0 Å². The second-order valence-electron chi connectivity index (χ2n) is 7.50. The van der Waals surface area contributed by atoms with Crippen molar-refractivity contribution in [2.75, 3.05) is 19.6 Å². The Bertz CT molecular complexity index is 1050. The van der Waals surface area contributed by atoms with Crippen molar-refractivity contribution < 1.29 is 65.4 Å². The molecule has 2 amide bonds. The molecule has 1 saturated heterocycles. The maximum Gasteiger partial charge on any atom is 0.490 e. The van der Waals surface area contributed by atoms with E-state index in [1.165, 1.54) is 24.3 Å². The van der Waals surface area contributed by atoms with Crippen molar-refractivity contribution in [2.24, 2.45) is 10.7 Å². The first-order chi connectivity index (χ1) is 18.8. The summed E-state index contributed by atoms with van der Waals surface area (Å²) in [5.41, 5.74) is 6.11. The third kappa shape index (κ3) is 17.5. The first-order valence-electron chi connectivity index (χ1n) is 10.9. The summed E-state index contributed by atoms with van der Waals surface area (Å²) in [7, 11) is 0. The zero-order valence-corrected chi connectivity index (χ0v) is 20.6. The Hall–Kier alpha value is -4.69. The highest BCUT2D eigenvalue weighted by atomic mass is 19.4. The second kappa shape index (κ2) is 17.1. The molecule has 0 radical (unpaired) electrons. The molecular formula is C20H24F6N6O9. The number of halogens is 6. The van der Waals surface area contributed by atoms with E-state index < -0.39 is 35.3 Å². The number of nitrogens with two attached hydrogens (primary N) is 1. The van der Waals surface area contributed by atoms with Gasteiger partial charge in [-0.1, -0.05) is 0 Å². The SMILES string of the molecule is NC(=NCCC(=O)N[C@H]1CCNC1)NC(=O)OCc1ccc([N+](=O)[O-])cc1.O=C(O)C(F)(F)F.O=C(O)C(F)(F)F. The van der Waals surface area contributed by atoms with Crippen LogP contribution in [0.1, 0.15) is 18.4 Å². The largest absolute Gasteiger partial charge is 0.490 e. The zero-order chi connectivity index (χ0) is 31.8. The average molecular weight is 606 g/mol. The van der Waals surface area contributed by atoms with Crippen LogP contribution < -0.4 is 21.7 Å². The van der Waals surface area contributed by atoms with E-state index in [0.29, 0.717) is 5.56 Å². The van der Waals surface area contributed by atoms with Crippen LogP contribution in [0.15, 0.2) is 29.3 Å². The molecule has 230 valence electrons. The molecule has 1 aliphatic heterocycles. The summed E-state index contributed by atoms with van der Waals surface area (Å²) in [6, 6.07) is 5.76. The van der Waals surface area contributed by atoms with E-state index in [2.05, 4.69) is 20.9 Å². The number of carbonyl (C=O) groups excluding carboxylic acids is 2. The van der Waals surface area contributed by atoms with E-state index in [-0.39, 0.29) is 43.2 Å². The van der Waals surface area contributed by atoms with Gasteiger partial charge in [0, 0.05) is 31.1 Å². The minimum atomic E-state index is -5.08. The number of carbonyl (C=O) groups is 4. The average Bonchev–Trinajstić information content (AvgIpc) is 3.35. The molecule has 1 atom stereocenters. The number of rotatable bonds is 7. The summed E-state index contributed by atoms with van der Waals surface area (Å²) >= 11 is 0. The normalized spacial score (nSPS) is 14.8. The molecule has 21 heteroatoms. The number of alkyl halides is 6. The van der Waals surface area contributed by atoms with Crippen LogP contribution in [0.2, 0.25) is 0 Å². The van der Waals surface area contributed by atoms with Gasteiger partial charge in [-0.25, -0.2) is 14.4 Å². The van der Waals surface area contributed by atoms with Crippen LogP contribution in [0, 0.1) is 10.1 Å². The fourth-order valence-electron chi connectivity index (χ4n) is 2.40. The third-order valence-electron chi connectivity index (χ3n) is 4.28. The van der Waals surface area contributed by atoms with Crippen LogP contribution in [0.3, 0.4) is 0 Å². The van der Waals surface area contributed by atoms with E-state index in [0.717, 1.165) is 19.5 Å². The predicted molar refractivity (Wildman–Crippen MR) is 124 cm³/mol. The molecule has 0 aromatic heterocycles. The number of alkyl carbamates (subject to hydrolysis) is 1. The van der Waals surface area contributed by atoms with Crippen LogP contribution >= 0.6 is 0 Å². The van der Waals surface area contributed by atoms with E-state index in [1.54, 1.807) is 0 Å². The molecule has 41 heavy (non-hydrogen) atoms. The van der Waals surface area contributed by atoms with Crippen molar-refractivity contribution in [1.82, 2.24) is 16.0 Å². The lowest BCUT2D eigenvalue weighted by atomic mass is 10.2. The monoisotopic (exact) mass is 606 g/mol. The van der Waals surface area contributed by atoms with Crippen LogP contribution in [-0.4, -0.2) is 83.1 Å². The summed E-state index contributed by atoms with van der Waals surface area (Å²) in [6.45, 7) is 1.72. The topological polar surface area (TPSA) is 236 Å². The summed E-state index contributed by atoms with van der Waals surface area (Å²) in [4.78, 5) is 55.1. The van der Waals surface area contributed by atoms with Gasteiger partial charge in [-0.3, -0.25) is 25.2 Å². The number of non-ortho nitro benzene ring substituents is 1. The molecule has 1 aromatic carbocycles. The summed E-state index contributed by atoms with van der Waals surface area (Å²) in [6.07, 6.45) is -9.91. The number of guanidine groups is 1. The first kappa shape index (κ1) is 36.3. The molecule has 15 nitrogen and oxygen atoms in total. The van der Waals surface area contributed by atoms with Gasteiger partial charge in [-0.2, -0.15) is 26.3 Å². The number of aliphatic carboxylic acids is 2. The number of benzene rings is 1. The Morgan fingerprint density at radius 1 is 1.07 bits per heavy atom. The fraction of sp³-hybridized carbons (Fsp3) is 0.450. The maximum absolute atomic E-state index is 11.7. The number of hydrogen-bond donors (Lipinski definition) is 6. The van der Waals surface area contributed by atoms with Gasteiger partial charge in [0.15, 0.2) is 5.96 Å². The van der Waals surface area contributed by atoms with Crippen LogP contribution in [0.5, 0.6) is 0 Å². The zero-order valence-electron chi connectivity index (χ0n) is 20.6. The van der Waals surface area contributed by atoms with Crippen molar-refractivity contribution >= 4 is 35.6 Å². The molecule has 2 rings (SSSR count). The van der Waals surface area contributed by atoms with Crippen molar-refractivity contribution in [3.63, 3.8) is 0 Å². The van der Waals surface area contributed by atoms with Crippen molar-refractivity contribution in [1.29, 1.82) is 0 Å². The maximum atomic E-state index is 11.7. The minimum absolute atomic E-state index is 0.0483. The van der Waals surface area contributed by atoms with Crippen molar-refractivity contribution in [3.05, 3.63) is 39.9 Å². The molecule has 1 aliphatic rings. The number of carboxylic acid groups (broad SMARTS) is 2. The number of amides is 2. The molecule has 1 heterocycles. The Kier molecular flexibility index (Phi) is 15.1.